The summed E-state index contributed by atoms with van der Waals surface area (Å²) in [5.74, 6) is -0.613. The van der Waals surface area contributed by atoms with E-state index in [1.807, 2.05) is 37.3 Å². The second-order valence-corrected chi connectivity index (χ2v) is 6.44. The molecule has 0 radical (unpaired) electrons. The zero-order valence-corrected chi connectivity index (χ0v) is 13.1. The highest BCUT2D eigenvalue weighted by Gasteiger charge is 2.38. The van der Waals surface area contributed by atoms with Crippen molar-refractivity contribution in [3.63, 3.8) is 0 Å². The Balaban J connectivity index is 1.79. The zero-order chi connectivity index (χ0) is 16.0. The van der Waals surface area contributed by atoms with Crippen LogP contribution in [0.3, 0.4) is 0 Å². The van der Waals surface area contributed by atoms with Gasteiger partial charge in [0.1, 0.15) is 0 Å². The van der Waals surface area contributed by atoms with Crippen LogP contribution in [0.1, 0.15) is 25.6 Å². The second kappa shape index (κ2) is 5.14. The first-order valence-electron chi connectivity index (χ1n) is 7.17. The Bertz CT molecular complexity index is 896. The van der Waals surface area contributed by atoms with Crippen molar-refractivity contribution in [3.8, 4) is 11.3 Å². The van der Waals surface area contributed by atoms with E-state index >= 15 is 0 Å². The fourth-order valence-corrected chi connectivity index (χ4v) is 3.63. The largest absolute Gasteiger partial charge is 0.268 e. The van der Waals surface area contributed by atoms with Crippen LogP contribution >= 0.6 is 11.3 Å². The minimum Gasteiger partial charge on any atom is -0.268 e. The molecular weight excluding hydrogens is 308 g/mol. The molecule has 1 aliphatic heterocycles. The molecule has 5 heteroatoms. The fourth-order valence-electron chi connectivity index (χ4n) is 2.70. The molecule has 4 rings (SSSR count). The highest BCUT2D eigenvalue weighted by molar-refractivity contribution is 7.16. The Kier molecular flexibility index (Phi) is 3.09. The van der Waals surface area contributed by atoms with Gasteiger partial charge in [-0.1, -0.05) is 42.5 Å². The van der Waals surface area contributed by atoms with Crippen molar-refractivity contribution in [2.45, 2.75) is 6.92 Å². The molecule has 0 spiro atoms. The zero-order valence-electron chi connectivity index (χ0n) is 12.3. The number of aromatic nitrogens is 1. The number of amides is 2. The third-order valence-corrected chi connectivity index (χ3v) is 4.77. The summed E-state index contributed by atoms with van der Waals surface area (Å²) in [6.45, 7) is 1.95. The van der Waals surface area contributed by atoms with Crippen molar-refractivity contribution >= 4 is 28.3 Å². The predicted octanol–water partition coefficient (Wildman–Crippen LogP) is 3.92. The molecule has 1 aromatic heterocycles. The number of thiazole rings is 1. The van der Waals surface area contributed by atoms with Gasteiger partial charge in [0.05, 0.1) is 16.8 Å². The number of carbonyl (C=O) groups is 2. The van der Waals surface area contributed by atoms with Crippen molar-refractivity contribution in [3.05, 3.63) is 70.6 Å². The van der Waals surface area contributed by atoms with Gasteiger partial charge in [-0.2, -0.15) is 0 Å². The lowest BCUT2D eigenvalue weighted by molar-refractivity contribution is 0.0926. The first kappa shape index (κ1) is 13.8. The number of aryl methyl sites for hydroxylation is 1. The number of benzene rings is 2. The van der Waals surface area contributed by atoms with Gasteiger partial charge >= 0.3 is 0 Å². The number of imide groups is 1. The summed E-state index contributed by atoms with van der Waals surface area (Å²) in [6.07, 6.45) is 0. The minimum absolute atomic E-state index is 0.307. The number of rotatable bonds is 2. The van der Waals surface area contributed by atoms with Crippen molar-refractivity contribution in [2.75, 3.05) is 4.90 Å². The Labute approximate surface area is 137 Å². The van der Waals surface area contributed by atoms with E-state index in [0.717, 1.165) is 16.1 Å². The Hall–Kier alpha value is -2.79. The molecule has 112 valence electrons. The molecule has 2 aromatic carbocycles. The molecular formula is C18H12N2O2S. The van der Waals surface area contributed by atoms with Crippen LogP contribution in [0, 0.1) is 6.92 Å². The van der Waals surface area contributed by atoms with Gasteiger partial charge in [-0.05, 0) is 19.1 Å². The molecule has 0 saturated carbocycles. The standard InChI is InChI=1S/C18H12N2O2S/c1-11-15(12-7-3-2-4-8-12)19-18(23-11)20-16(21)13-9-5-6-10-14(13)17(20)22/h2-10H,1H3. The number of nitrogens with zero attached hydrogens (tertiary/aromatic N) is 2. The molecule has 0 aliphatic carbocycles. The highest BCUT2D eigenvalue weighted by Crippen LogP contribution is 2.36. The first-order valence-corrected chi connectivity index (χ1v) is 7.99. The van der Waals surface area contributed by atoms with Crippen LogP contribution in [-0.2, 0) is 0 Å². The molecule has 2 heterocycles. The van der Waals surface area contributed by atoms with Gasteiger partial charge < -0.3 is 0 Å². The molecule has 0 atom stereocenters. The Morgan fingerprint density at radius 1 is 0.870 bits per heavy atom. The number of carbonyl (C=O) groups excluding carboxylic acids is 2. The summed E-state index contributed by atoms with van der Waals surface area (Å²) in [4.78, 5) is 31.8. The van der Waals surface area contributed by atoms with E-state index in [2.05, 4.69) is 4.98 Å². The summed E-state index contributed by atoms with van der Waals surface area (Å²) in [5, 5.41) is 0.424. The van der Waals surface area contributed by atoms with Crippen LogP contribution in [-0.4, -0.2) is 16.8 Å². The fraction of sp³-hybridized carbons (Fsp3) is 0.0556. The maximum Gasteiger partial charge on any atom is 0.268 e. The number of fused-ring (bicyclic) bond motifs is 1. The van der Waals surface area contributed by atoms with Crippen LogP contribution in [0.5, 0.6) is 0 Å². The van der Waals surface area contributed by atoms with Crippen molar-refractivity contribution < 1.29 is 9.59 Å². The van der Waals surface area contributed by atoms with Gasteiger partial charge in [0, 0.05) is 10.4 Å². The topological polar surface area (TPSA) is 50.3 Å². The van der Waals surface area contributed by atoms with Crippen LogP contribution in [0.25, 0.3) is 11.3 Å². The number of hydrogen-bond donors (Lipinski definition) is 0. The summed E-state index contributed by atoms with van der Waals surface area (Å²) in [7, 11) is 0. The van der Waals surface area contributed by atoms with E-state index in [4.69, 9.17) is 0 Å². The van der Waals surface area contributed by atoms with E-state index in [1.165, 1.54) is 16.2 Å². The lowest BCUT2D eigenvalue weighted by Crippen LogP contribution is -2.29. The molecule has 4 nitrogen and oxygen atoms in total. The van der Waals surface area contributed by atoms with Gasteiger partial charge in [-0.25, -0.2) is 9.88 Å². The van der Waals surface area contributed by atoms with Crippen molar-refractivity contribution in [1.82, 2.24) is 4.98 Å². The molecule has 0 bridgehead atoms. The molecule has 0 fully saturated rings. The monoisotopic (exact) mass is 320 g/mol. The molecule has 0 unspecified atom stereocenters. The number of anilines is 1. The number of hydrogen-bond acceptors (Lipinski definition) is 4. The highest BCUT2D eigenvalue weighted by atomic mass is 32.1. The quantitative estimate of drug-likeness (QED) is 0.672. The van der Waals surface area contributed by atoms with Crippen molar-refractivity contribution in [2.24, 2.45) is 0 Å². The second-order valence-electron chi connectivity index (χ2n) is 5.26. The lowest BCUT2D eigenvalue weighted by atomic mass is 10.1. The minimum atomic E-state index is -0.307. The Morgan fingerprint density at radius 3 is 2.04 bits per heavy atom. The van der Waals surface area contributed by atoms with Crippen LogP contribution in [0.15, 0.2) is 54.6 Å². The van der Waals surface area contributed by atoms with Crippen LogP contribution < -0.4 is 4.90 Å². The maximum atomic E-state index is 12.5. The average molecular weight is 320 g/mol. The summed E-state index contributed by atoms with van der Waals surface area (Å²) in [6, 6.07) is 16.6. The van der Waals surface area contributed by atoms with Gasteiger partial charge in [0.25, 0.3) is 11.8 Å². The van der Waals surface area contributed by atoms with Gasteiger partial charge in [0.15, 0.2) is 5.13 Å². The van der Waals surface area contributed by atoms with Gasteiger partial charge in [-0.15, -0.1) is 11.3 Å². The van der Waals surface area contributed by atoms with Crippen LogP contribution in [0.4, 0.5) is 5.13 Å². The third-order valence-electron chi connectivity index (χ3n) is 3.82. The normalized spacial score (nSPS) is 13.5. The summed E-state index contributed by atoms with van der Waals surface area (Å²) >= 11 is 1.36. The summed E-state index contributed by atoms with van der Waals surface area (Å²) < 4.78 is 0. The first-order chi connectivity index (χ1) is 11.2. The molecule has 23 heavy (non-hydrogen) atoms. The smallest absolute Gasteiger partial charge is 0.268 e. The van der Waals surface area contributed by atoms with E-state index in [1.54, 1.807) is 24.3 Å². The predicted molar refractivity (Wildman–Crippen MR) is 89.9 cm³/mol. The van der Waals surface area contributed by atoms with Gasteiger partial charge in [0.2, 0.25) is 0 Å². The molecule has 0 saturated heterocycles. The van der Waals surface area contributed by atoms with E-state index in [9.17, 15) is 9.59 Å². The third kappa shape index (κ3) is 2.09. The summed E-state index contributed by atoms with van der Waals surface area (Å²) in [5.41, 5.74) is 2.66. The van der Waals surface area contributed by atoms with Gasteiger partial charge in [-0.3, -0.25) is 9.59 Å². The molecule has 2 amide bonds. The molecule has 1 aliphatic rings. The average Bonchev–Trinajstić information content (AvgIpc) is 3.07. The lowest BCUT2D eigenvalue weighted by Gasteiger charge is -2.08. The van der Waals surface area contributed by atoms with Crippen LogP contribution in [0.2, 0.25) is 0 Å². The SMILES string of the molecule is Cc1sc(N2C(=O)c3ccccc3C2=O)nc1-c1ccccc1. The van der Waals surface area contributed by atoms with E-state index in [-0.39, 0.29) is 11.8 Å². The Morgan fingerprint density at radius 2 is 1.43 bits per heavy atom. The maximum absolute atomic E-state index is 12.5. The van der Waals surface area contributed by atoms with E-state index in [0.29, 0.717) is 16.3 Å². The van der Waals surface area contributed by atoms with Crippen molar-refractivity contribution in [1.29, 1.82) is 0 Å². The molecule has 0 N–H and O–H groups in total. The van der Waals surface area contributed by atoms with E-state index < -0.39 is 0 Å². The molecule has 3 aromatic rings.